The minimum Gasteiger partial charge on any atom is -0.451 e. The molecule has 5 rings (SSSR count). The summed E-state index contributed by atoms with van der Waals surface area (Å²) in [5.74, 6) is 6.53. The highest BCUT2D eigenvalue weighted by Gasteiger charge is 2.21. The van der Waals surface area contributed by atoms with Crippen LogP contribution in [0.2, 0.25) is 0 Å². The van der Waals surface area contributed by atoms with Crippen LogP contribution < -0.4 is 5.43 Å². The molecule has 0 unspecified atom stereocenters. The smallest absolute Gasteiger partial charge is 0.205 e. The number of nitrogens with zero attached hydrogens (tertiary/aromatic N) is 1. The maximum absolute atomic E-state index is 13.1. The van der Waals surface area contributed by atoms with Crippen molar-refractivity contribution in [1.82, 2.24) is 4.98 Å². The summed E-state index contributed by atoms with van der Waals surface area (Å²) in [4.78, 5) is 17.9. The molecule has 1 aliphatic heterocycles. The average Bonchev–Trinajstić information content (AvgIpc) is 2.73. The normalized spacial score (nSPS) is 10.8. The van der Waals surface area contributed by atoms with Crippen LogP contribution in [-0.2, 0) is 0 Å². The highest BCUT2D eigenvalue weighted by molar-refractivity contribution is 5.98. The van der Waals surface area contributed by atoms with Crippen molar-refractivity contribution in [1.29, 1.82) is 0 Å². The van der Waals surface area contributed by atoms with E-state index >= 15 is 0 Å². The summed E-state index contributed by atoms with van der Waals surface area (Å²) in [5.41, 5.74) is 3.07. The number of benzene rings is 4. The van der Waals surface area contributed by atoms with Crippen molar-refractivity contribution < 1.29 is 4.42 Å². The van der Waals surface area contributed by atoms with E-state index in [1.807, 2.05) is 78.9 Å². The number of hydrogen-bond donors (Lipinski definition) is 0. The topological polar surface area (TPSA) is 43.1 Å². The van der Waals surface area contributed by atoms with Crippen molar-refractivity contribution >= 4 is 21.9 Å². The zero-order valence-corrected chi connectivity index (χ0v) is 14.3. The van der Waals surface area contributed by atoms with Crippen LogP contribution >= 0.6 is 0 Å². The van der Waals surface area contributed by atoms with Crippen LogP contribution in [0.25, 0.3) is 33.3 Å². The Labute approximate surface area is 155 Å². The van der Waals surface area contributed by atoms with Gasteiger partial charge in [-0.2, -0.15) is 0 Å². The molecule has 3 aromatic carbocycles. The van der Waals surface area contributed by atoms with E-state index in [9.17, 15) is 4.79 Å². The minimum atomic E-state index is -0.137. The molecule has 0 N–H and O–H groups in total. The van der Waals surface area contributed by atoms with Gasteiger partial charge < -0.3 is 4.42 Å². The molecule has 0 atom stereocenters. The van der Waals surface area contributed by atoms with Gasteiger partial charge in [0.2, 0.25) is 5.43 Å². The van der Waals surface area contributed by atoms with Gasteiger partial charge in [-0.25, -0.2) is 4.98 Å². The number of rotatable bonds is 0. The van der Waals surface area contributed by atoms with Crippen molar-refractivity contribution in [2.75, 3.05) is 0 Å². The predicted octanol–water partition coefficient (Wildman–Crippen LogP) is 4.85. The molecular formula is C24H13NO2. The molecule has 126 valence electrons. The van der Waals surface area contributed by atoms with Crippen molar-refractivity contribution in [3.63, 3.8) is 0 Å². The predicted molar refractivity (Wildman–Crippen MR) is 107 cm³/mol. The maximum Gasteiger partial charge on any atom is 0.205 e. The zero-order valence-electron chi connectivity index (χ0n) is 14.3. The second-order valence-electron chi connectivity index (χ2n) is 6.23. The third-order valence-corrected chi connectivity index (χ3v) is 4.51. The SMILES string of the molecule is O=c1c(C#Cc2ccccc2)c2oc3ccccc3nc-2c2ccccc12. The van der Waals surface area contributed by atoms with E-state index in [1.165, 1.54) is 0 Å². The van der Waals surface area contributed by atoms with Gasteiger partial charge in [0, 0.05) is 16.3 Å². The molecule has 1 aliphatic carbocycles. The first kappa shape index (κ1) is 15.4. The molecule has 2 aliphatic rings. The molecule has 0 saturated carbocycles. The van der Waals surface area contributed by atoms with E-state index in [4.69, 9.17) is 9.40 Å². The van der Waals surface area contributed by atoms with Crippen LogP contribution in [0.4, 0.5) is 0 Å². The van der Waals surface area contributed by atoms with Gasteiger partial charge >= 0.3 is 0 Å². The molecule has 0 spiro atoms. The van der Waals surface area contributed by atoms with Crippen LogP contribution in [0, 0.1) is 11.8 Å². The molecule has 3 aromatic rings. The highest BCUT2D eigenvalue weighted by Crippen LogP contribution is 2.32. The summed E-state index contributed by atoms with van der Waals surface area (Å²) in [6, 6.07) is 24.6. The summed E-state index contributed by atoms with van der Waals surface area (Å²) >= 11 is 0. The average molecular weight is 347 g/mol. The van der Waals surface area contributed by atoms with E-state index in [2.05, 4.69) is 11.8 Å². The lowest BCUT2D eigenvalue weighted by atomic mass is 9.99. The molecule has 0 fully saturated rings. The zero-order chi connectivity index (χ0) is 18.2. The lowest BCUT2D eigenvalue weighted by Gasteiger charge is -2.11. The Morgan fingerprint density at radius 3 is 2.30 bits per heavy atom. The molecule has 0 aromatic heterocycles. The molecule has 0 radical (unpaired) electrons. The van der Waals surface area contributed by atoms with E-state index < -0.39 is 0 Å². The fourth-order valence-electron chi connectivity index (χ4n) is 3.21. The van der Waals surface area contributed by atoms with Crippen LogP contribution in [0.15, 0.2) is 88.1 Å². The first-order chi connectivity index (χ1) is 13.3. The second-order valence-corrected chi connectivity index (χ2v) is 6.23. The van der Waals surface area contributed by atoms with E-state index in [0.717, 1.165) is 16.5 Å². The van der Waals surface area contributed by atoms with Crippen LogP contribution in [0.3, 0.4) is 0 Å². The van der Waals surface area contributed by atoms with Crippen LogP contribution in [0.5, 0.6) is 0 Å². The third kappa shape index (κ3) is 2.56. The third-order valence-electron chi connectivity index (χ3n) is 4.51. The molecule has 0 bridgehead atoms. The van der Waals surface area contributed by atoms with E-state index in [1.54, 1.807) is 0 Å². The van der Waals surface area contributed by atoms with Gasteiger partial charge in [0.25, 0.3) is 0 Å². The van der Waals surface area contributed by atoms with Gasteiger partial charge in [0.05, 0.1) is 0 Å². The summed E-state index contributed by atoms with van der Waals surface area (Å²) in [6.45, 7) is 0. The van der Waals surface area contributed by atoms with Gasteiger partial charge in [0.15, 0.2) is 11.3 Å². The van der Waals surface area contributed by atoms with Crippen molar-refractivity contribution in [2.24, 2.45) is 0 Å². The lowest BCUT2D eigenvalue weighted by Crippen LogP contribution is -2.11. The summed E-state index contributed by atoms with van der Waals surface area (Å²) in [6.07, 6.45) is 0. The highest BCUT2D eigenvalue weighted by atomic mass is 16.3. The Morgan fingerprint density at radius 2 is 1.44 bits per heavy atom. The number of para-hydroxylation sites is 2. The fraction of sp³-hybridized carbons (Fsp3) is 0. The maximum atomic E-state index is 13.1. The van der Waals surface area contributed by atoms with Crippen LogP contribution in [-0.4, -0.2) is 4.98 Å². The summed E-state index contributed by atoms with van der Waals surface area (Å²) < 4.78 is 6.09. The van der Waals surface area contributed by atoms with E-state index in [0.29, 0.717) is 28.0 Å². The fourth-order valence-corrected chi connectivity index (χ4v) is 3.21. The molecular weight excluding hydrogens is 334 g/mol. The second kappa shape index (κ2) is 6.12. The molecule has 0 amide bonds. The molecule has 3 nitrogen and oxygen atoms in total. The van der Waals surface area contributed by atoms with Crippen LogP contribution in [0.1, 0.15) is 11.1 Å². The Bertz CT molecular complexity index is 1390. The largest absolute Gasteiger partial charge is 0.451 e. The summed E-state index contributed by atoms with van der Waals surface area (Å²) in [7, 11) is 0. The monoisotopic (exact) mass is 347 g/mol. The summed E-state index contributed by atoms with van der Waals surface area (Å²) in [5, 5.41) is 1.37. The number of hydrogen-bond acceptors (Lipinski definition) is 3. The Kier molecular flexibility index (Phi) is 3.48. The molecule has 1 heterocycles. The quantitative estimate of drug-likeness (QED) is 0.229. The Hall–Kier alpha value is -3.90. The van der Waals surface area contributed by atoms with Crippen molar-refractivity contribution in [3.05, 3.63) is 100 Å². The molecule has 27 heavy (non-hydrogen) atoms. The Morgan fingerprint density at radius 1 is 0.741 bits per heavy atom. The first-order valence-corrected chi connectivity index (χ1v) is 8.62. The van der Waals surface area contributed by atoms with Gasteiger partial charge in [0.1, 0.15) is 16.8 Å². The van der Waals surface area contributed by atoms with Crippen molar-refractivity contribution in [3.8, 4) is 23.3 Å². The Balaban J connectivity index is 1.91. The molecule has 0 saturated heterocycles. The number of aromatic nitrogens is 1. The standard InChI is InChI=1S/C24H13NO2/c26-23-18-11-5-4-10-17(18)22-24(27-21-13-7-6-12-20(21)25-22)19(23)15-14-16-8-2-1-3-9-16/h1-13H. The number of fused-ring (bicyclic) bond motifs is 4. The van der Waals surface area contributed by atoms with Crippen molar-refractivity contribution in [2.45, 2.75) is 0 Å². The van der Waals surface area contributed by atoms with Gasteiger partial charge in [-0.3, -0.25) is 4.79 Å². The lowest BCUT2D eigenvalue weighted by molar-refractivity contribution is 0.612. The molecule has 3 heteroatoms. The van der Waals surface area contributed by atoms with Gasteiger partial charge in [-0.05, 0) is 24.3 Å². The van der Waals surface area contributed by atoms with Gasteiger partial charge in [-0.15, -0.1) is 0 Å². The minimum absolute atomic E-state index is 0.137. The van der Waals surface area contributed by atoms with E-state index in [-0.39, 0.29) is 5.43 Å². The van der Waals surface area contributed by atoms with Gasteiger partial charge in [-0.1, -0.05) is 66.4 Å². The first-order valence-electron chi connectivity index (χ1n) is 8.62.